The van der Waals surface area contributed by atoms with Gasteiger partial charge in [0.15, 0.2) is 5.82 Å². The zero-order valence-corrected chi connectivity index (χ0v) is 25.0. The molecule has 0 spiro atoms. The van der Waals surface area contributed by atoms with Gasteiger partial charge in [-0.15, -0.1) is 0 Å². The molecule has 1 amide bonds. The predicted octanol–water partition coefficient (Wildman–Crippen LogP) is 4.75. The Bertz CT molecular complexity index is 1320. The largest absolute Gasteiger partial charge is 0.463 e. The quantitative estimate of drug-likeness (QED) is 0.459. The first-order valence-electron chi connectivity index (χ1n) is 14.5. The second-order valence-electron chi connectivity index (χ2n) is 13.3. The van der Waals surface area contributed by atoms with Gasteiger partial charge in [-0.3, -0.25) is 9.80 Å². The fraction of sp³-hybridized carbons (Fsp3) is 0.690. The van der Waals surface area contributed by atoms with Crippen molar-refractivity contribution in [1.29, 1.82) is 0 Å². The molecule has 4 aliphatic heterocycles. The monoisotopic (exact) mass is 617 g/mol. The van der Waals surface area contributed by atoms with Crippen molar-refractivity contribution in [3.8, 4) is 6.01 Å². The second kappa shape index (κ2) is 9.66. The SMILES string of the molecule is CC(C)(C)OC(=O)N1C2CCC1CN(c1nc(OCC3(CN4CC5CC4CO5)CC3)nc3c(F)c(Br)ccc13)C2. The highest BCUT2D eigenvalue weighted by Crippen LogP contribution is 2.48. The summed E-state index contributed by atoms with van der Waals surface area (Å²) in [5.41, 5.74) is -0.207. The van der Waals surface area contributed by atoms with E-state index < -0.39 is 11.4 Å². The molecule has 0 N–H and O–H groups in total. The Hall–Kier alpha value is -2.24. The molecule has 4 bridgehead atoms. The third kappa shape index (κ3) is 4.91. The van der Waals surface area contributed by atoms with E-state index in [4.69, 9.17) is 19.2 Å². The molecule has 40 heavy (non-hydrogen) atoms. The lowest BCUT2D eigenvalue weighted by Gasteiger charge is -2.42. The number of piperazine rings is 1. The predicted molar refractivity (Wildman–Crippen MR) is 151 cm³/mol. The van der Waals surface area contributed by atoms with Gasteiger partial charge in [0, 0.05) is 43.0 Å². The number of benzene rings is 1. The fourth-order valence-corrected chi connectivity index (χ4v) is 7.26. The molecule has 5 fully saturated rings. The minimum Gasteiger partial charge on any atom is -0.463 e. The van der Waals surface area contributed by atoms with Crippen molar-refractivity contribution < 1.29 is 23.4 Å². The number of fused-ring (bicyclic) bond motifs is 5. The molecular formula is C29H37BrFN5O4. The Morgan fingerprint density at radius 2 is 1.90 bits per heavy atom. The van der Waals surface area contributed by atoms with Crippen LogP contribution >= 0.6 is 15.9 Å². The number of aromatic nitrogens is 2. The highest BCUT2D eigenvalue weighted by molar-refractivity contribution is 9.10. The molecule has 1 aliphatic carbocycles. The molecule has 1 saturated carbocycles. The molecule has 1 aromatic carbocycles. The van der Waals surface area contributed by atoms with Gasteiger partial charge < -0.3 is 19.1 Å². The number of hydrogen-bond acceptors (Lipinski definition) is 8. The van der Waals surface area contributed by atoms with E-state index >= 15 is 4.39 Å². The van der Waals surface area contributed by atoms with Crippen LogP contribution in [0.4, 0.5) is 15.0 Å². The van der Waals surface area contributed by atoms with Gasteiger partial charge in [0.2, 0.25) is 0 Å². The Labute approximate surface area is 242 Å². The average molecular weight is 619 g/mol. The first-order chi connectivity index (χ1) is 19.1. The number of hydrogen-bond donors (Lipinski definition) is 0. The van der Waals surface area contributed by atoms with Gasteiger partial charge >= 0.3 is 12.1 Å². The molecule has 4 saturated heterocycles. The molecule has 216 valence electrons. The number of carbonyl (C=O) groups is 1. The summed E-state index contributed by atoms with van der Waals surface area (Å²) in [5.74, 6) is 0.238. The highest BCUT2D eigenvalue weighted by atomic mass is 79.9. The first kappa shape index (κ1) is 26.6. The number of carbonyl (C=O) groups excluding carboxylic acids is 1. The summed E-state index contributed by atoms with van der Waals surface area (Å²) < 4.78 is 33.5. The molecule has 1 aromatic heterocycles. The van der Waals surface area contributed by atoms with Crippen molar-refractivity contribution >= 4 is 38.7 Å². The molecule has 5 heterocycles. The van der Waals surface area contributed by atoms with Crippen LogP contribution in [0.5, 0.6) is 6.01 Å². The van der Waals surface area contributed by atoms with Crippen molar-refractivity contribution in [3.63, 3.8) is 0 Å². The lowest BCUT2D eigenvalue weighted by molar-refractivity contribution is 0.0123. The summed E-state index contributed by atoms with van der Waals surface area (Å²) in [6.45, 7) is 10.2. The van der Waals surface area contributed by atoms with Crippen LogP contribution in [0.3, 0.4) is 0 Å². The van der Waals surface area contributed by atoms with E-state index in [9.17, 15) is 4.79 Å². The van der Waals surface area contributed by atoms with E-state index in [0.29, 0.717) is 47.5 Å². The summed E-state index contributed by atoms with van der Waals surface area (Å²) >= 11 is 3.32. The van der Waals surface area contributed by atoms with Crippen molar-refractivity contribution in [1.82, 2.24) is 19.8 Å². The lowest BCUT2D eigenvalue weighted by Crippen LogP contribution is -2.57. The third-order valence-corrected chi connectivity index (χ3v) is 9.73. The van der Waals surface area contributed by atoms with Crippen LogP contribution in [-0.4, -0.2) is 95.1 Å². The van der Waals surface area contributed by atoms with Gasteiger partial charge in [0.05, 0.1) is 35.9 Å². The summed E-state index contributed by atoms with van der Waals surface area (Å²) in [7, 11) is 0. The normalized spacial score (nSPS) is 28.9. The molecular weight excluding hydrogens is 581 g/mol. The van der Waals surface area contributed by atoms with Gasteiger partial charge in [-0.1, -0.05) is 0 Å². The van der Waals surface area contributed by atoms with Crippen LogP contribution < -0.4 is 9.64 Å². The Kier molecular flexibility index (Phi) is 6.43. The number of morpholine rings is 1. The number of likely N-dealkylation sites (tertiary alicyclic amines) is 1. The maximum Gasteiger partial charge on any atom is 0.410 e. The zero-order chi connectivity index (χ0) is 27.8. The topological polar surface area (TPSA) is 80.3 Å². The molecule has 7 rings (SSSR count). The molecule has 4 unspecified atom stereocenters. The maximum atomic E-state index is 15.4. The van der Waals surface area contributed by atoms with Crippen LogP contribution in [0.25, 0.3) is 10.9 Å². The van der Waals surface area contributed by atoms with E-state index in [1.54, 1.807) is 6.07 Å². The zero-order valence-electron chi connectivity index (χ0n) is 23.4. The van der Waals surface area contributed by atoms with Crippen LogP contribution in [0.1, 0.15) is 52.9 Å². The molecule has 0 radical (unpaired) electrons. The number of anilines is 1. The van der Waals surface area contributed by atoms with Gasteiger partial charge in [-0.25, -0.2) is 9.18 Å². The van der Waals surface area contributed by atoms with Crippen molar-refractivity contribution in [3.05, 3.63) is 22.4 Å². The van der Waals surface area contributed by atoms with Crippen LogP contribution in [0.2, 0.25) is 0 Å². The minimum absolute atomic E-state index is 0.0118. The van der Waals surface area contributed by atoms with Gasteiger partial charge in [-0.2, -0.15) is 9.97 Å². The molecule has 4 atom stereocenters. The maximum absolute atomic E-state index is 15.4. The van der Waals surface area contributed by atoms with Crippen LogP contribution in [-0.2, 0) is 9.47 Å². The number of rotatable bonds is 6. The van der Waals surface area contributed by atoms with E-state index in [0.717, 1.165) is 51.8 Å². The van der Waals surface area contributed by atoms with E-state index in [-0.39, 0.29) is 35.1 Å². The molecule has 2 aromatic rings. The van der Waals surface area contributed by atoms with Gasteiger partial charge in [0.1, 0.15) is 16.9 Å². The Balaban J connectivity index is 1.12. The minimum atomic E-state index is -0.547. The summed E-state index contributed by atoms with van der Waals surface area (Å²) in [4.78, 5) is 29.0. The standard InChI is InChI=1S/C29H37BrFN5O4/c1-28(2,3)40-27(37)36-17-4-5-18(36)12-34(11-17)25-21-6-7-22(30)23(31)24(21)32-26(33-25)39-16-29(8-9-29)15-35-13-20-10-19(35)14-38-20/h6-7,17-20H,4-5,8-16H2,1-3H3. The lowest BCUT2D eigenvalue weighted by atomic mass is 10.1. The Morgan fingerprint density at radius 3 is 2.52 bits per heavy atom. The van der Waals surface area contributed by atoms with E-state index in [1.807, 2.05) is 31.7 Å². The number of ether oxygens (including phenoxy) is 3. The fourth-order valence-electron chi connectivity index (χ4n) is 6.94. The van der Waals surface area contributed by atoms with Crippen molar-refractivity contribution in [2.24, 2.45) is 5.41 Å². The van der Waals surface area contributed by atoms with Crippen LogP contribution in [0.15, 0.2) is 16.6 Å². The van der Waals surface area contributed by atoms with Crippen LogP contribution in [0, 0.1) is 11.2 Å². The van der Waals surface area contributed by atoms with E-state index in [2.05, 4.69) is 30.7 Å². The first-order valence-corrected chi connectivity index (χ1v) is 15.3. The van der Waals surface area contributed by atoms with Gasteiger partial charge in [-0.05, 0) is 80.9 Å². The Morgan fingerprint density at radius 1 is 1.15 bits per heavy atom. The van der Waals surface area contributed by atoms with E-state index in [1.165, 1.54) is 0 Å². The highest BCUT2D eigenvalue weighted by Gasteiger charge is 2.50. The van der Waals surface area contributed by atoms with Crippen molar-refractivity contribution in [2.75, 3.05) is 44.3 Å². The second-order valence-corrected chi connectivity index (χ2v) is 14.2. The summed E-state index contributed by atoms with van der Waals surface area (Å²) in [5, 5.41) is 0.646. The summed E-state index contributed by atoms with van der Waals surface area (Å²) in [6, 6.07) is 4.31. The number of amides is 1. The number of nitrogens with zero attached hydrogens (tertiary/aromatic N) is 5. The smallest absolute Gasteiger partial charge is 0.410 e. The third-order valence-electron chi connectivity index (χ3n) is 9.12. The van der Waals surface area contributed by atoms with Gasteiger partial charge in [0.25, 0.3) is 0 Å². The number of halogens is 2. The summed E-state index contributed by atoms with van der Waals surface area (Å²) in [6.07, 6.45) is 5.26. The molecule has 11 heteroatoms. The molecule has 9 nitrogen and oxygen atoms in total. The van der Waals surface area contributed by atoms with Crippen molar-refractivity contribution in [2.45, 2.75) is 82.7 Å². The average Bonchev–Trinajstić information content (AvgIpc) is 3.20. The molecule has 5 aliphatic rings.